The van der Waals surface area contributed by atoms with Gasteiger partial charge in [0.05, 0.1) is 5.92 Å². The van der Waals surface area contributed by atoms with Crippen LogP contribution in [-0.4, -0.2) is 37.1 Å². The highest BCUT2D eigenvalue weighted by Crippen LogP contribution is 2.35. The number of carbonyl (C=O) groups excluding carboxylic acids is 1. The molecule has 1 fully saturated rings. The summed E-state index contributed by atoms with van der Waals surface area (Å²) in [5.74, 6) is 1.17. The highest BCUT2D eigenvalue weighted by atomic mass is 16.5. The van der Waals surface area contributed by atoms with Crippen LogP contribution in [0.4, 0.5) is 0 Å². The Labute approximate surface area is 131 Å². The first-order valence-corrected chi connectivity index (χ1v) is 9.02. The molecule has 3 heteroatoms. The monoisotopic (exact) mass is 297 g/mol. The molecule has 3 nitrogen and oxygen atoms in total. The van der Waals surface area contributed by atoms with Crippen LogP contribution in [-0.2, 0) is 9.53 Å². The lowest BCUT2D eigenvalue weighted by Gasteiger charge is -2.32. The Bertz CT molecular complexity index is 283. The molecule has 0 spiro atoms. The summed E-state index contributed by atoms with van der Waals surface area (Å²) < 4.78 is 5.63. The zero-order chi connectivity index (χ0) is 15.7. The third kappa shape index (κ3) is 5.98. The lowest BCUT2D eigenvalue weighted by molar-refractivity contribution is -0.153. The molecule has 0 unspecified atom stereocenters. The van der Waals surface area contributed by atoms with Gasteiger partial charge in [0.15, 0.2) is 0 Å². The molecule has 0 aromatic heterocycles. The molecule has 1 aliphatic carbocycles. The normalized spacial score (nSPS) is 19.5. The molecule has 0 saturated heterocycles. The fourth-order valence-corrected chi connectivity index (χ4v) is 3.55. The number of nitrogens with zero attached hydrogens (tertiary/aromatic N) is 1. The molecule has 1 saturated carbocycles. The Morgan fingerprint density at radius 3 is 2.29 bits per heavy atom. The molecular weight excluding hydrogens is 262 g/mol. The van der Waals surface area contributed by atoms with Gasteiger partial charge in [-0.25, -0.2) is 0 Å². The molecule has 0 aliphatic heterocycles. The summed E-state index contributed by atoms with van der Waals surface area (Å²) in [5.41, 5.74) is 0. The Balaban J connectivity index is 2.51. The largest absolute Gasteiger partial charge is 0.464 e. The van der Waals surface area contributed by atoms with Crippen LogP contribution in [0.5, 0.6) is 0 Å². The zero-order valence-electron chi connectivity index (χ0n) is 14.6. The fourth-order valence-electron chi connectivity index (χ4n) is 3.55. The van der Waals surface area contributed by atoms with Crippen molar-refractivity contribution in [1.82, 2.24) is 4.90 Å². The third-order valence-corrected chi connectivity index (χ3v) is 5.23. The van der Waals surface area contributed by atoms with E-state index in [2.05, 4.69) is 32.6 Å². The Kier molecular flexibility index (Phi) is 8.98. The molecule has 1 aliphatic rings. The minimum atomic E-state index is 0.0587. The molecule has 124 valence electrons. The molecule has 0 aromatic rings. The van der Waals surface area contributed by atoms with Crippen molar-refractivity contribution >= 4 is 5.97 Å². The van der Waals surface area contributed by atoms with Gasteiger partial charge >= 0.3 is 5.97 Å². The smallest absolute Gasteiger partial charge is 0.309 e. The quantitative estimate of drug-likeness (QED) is 0.600. The number of likely N-dealkylation sites (N-methyl/N-ethyl adjacent to an activating group) is 1. The van der Waals surface area contributed by atoms with Gasteiger partial charge in [0.25, 0.3) is 0 Å². The van der Waals surface area contributed by atoms with Crippen LogP contribution >= 0.6 is 0 Å². The van der Waals surface area contributed by atoms with Gasteiger partial charge in [0, 0.05) is 6.54 Å². The van der Waals surface area contributed by atoms with E-state index in [0.29, 0.717) is 18.4 Å². The van der Waals surface area contributed by atoms with E-state index in [9.17, 15) is 4.79 Å². The Hall–Kier alpha value is -0.570. The summed E-state index contributed by atoms with van der Waals surface area (Å²) in [5, 5.41) is 0. The second kappa shape index (κ2) is 10.2. The summed E-state index contributed by atoms with van der Waals surface area (Å²) in [6, 6.07) is 0. The first-order chi connectivity index (χ1) is 10.1. The van der Waals surface area contributed by atoms with E-state index in [1.165, 1.54) is 32.1 Å². The molecule has 0 radical (unpaired) electrons. The lowest BCUT2D eigenvalue weighted by atomic mass is 9.74. The van der Waals surface area contributed by atoms with Crippen LogP contribution in [0, 0.1) is 17.8 Å². The second-order valence-electron chi connectivity index (χ2n) is 6.50. The standard InChI is InChI=1S/C18H35NO2/c1-5-15(4)17(16-11-9-8-10-12-16)18(20)21-14-13-19(6-2)7-3/h15-17H,5-14H2,1-4H3/t15-,17-/m0/s1. The third-order valence-electron chi connectivity index (χ3n) is 5.23. The van der Waals surface area contributed by atoms with Crippen LogP contribution in [0.2, 0.25) is 0 Å². The van der Waals surface area contributed by atoms with Gasteiger partial charge < -0.3 is 9.64 Å². The van der Waals surface area contributed by atoms with Crippen molar-refractivity contribution in [2.45, 2.75) is 66.2 Å². The predicted molar refractivity (Wildman–Crippen MR) is 88.3 cm³/mol. The Morgan fingerprint density at radius 2 is 1.76 bits per heavy atom. The van der Waals surface area contributed by atoms with E-state index < -0.39 is 0 Å². The van der Waals surface area contributed by atoms with Crippen LogP contribution < -0.4 is 0 Å². The number of hydrogen-bond acceptors (Lipinski definition) is 3. The number of ether oxygens (including phenoxy) is 1. The lowest BCUT2D eigenvalue weighted by Crippen LogP contribution is -2.34. The molecule has 0 bridgehead atoms. The van der Waals surface area contributed by atoms with Crippen molar-refractivity contribution in [2.75, 3.05) is 26.2 Å². The maximum absolute atomic E-state index is 12.6. The van der Waals surface area contributed by atoms with E-state index in [0.717, 1.165) is 26.1 Å². The minimum absolute atomic E-state index is 0.0587. The van der Waals surface area contributed by atoms with E-state index in [1.807, 2.05) is 0 Å². The molecule has 0 heterocycles. The second-order valence-corrected chi connectivity index (χ2v) is 6.50. The van der Waals surface area contributed by atoms with Gasteiger partial charge in [-0.1, -0.05) is 53.4 Å². The van der Waals surface area contributed by atoms with Gasteiger partial charge in [-0.2, -0.15) is 0 Å². The van der Waals surface area contributed by atoms with E-state index in [1.54, 1.807) is 0 Å². The van der Waals surface area contributed by atoms with E-state index >= 15 is 0 Å². The minimum Gasteiger partial charge on any atom is -0.464 e. The van der Waals surface area contributed by atoms with Crippen molar-refractivity contribution < 1.29 is 9.53 Å². The van der Waals surface area contributed by atoms with Crippen LogP contribution in [0.25, 0.3) is 0 Å². The van der Waals surface area contributed by atoms with Crippen molar-refractivity contribution in [3.05, 3.63) is 0 Å². The number of carbonyl (C=O) groups is 1. The van der Waals surface area contributed by atoms with Crippen LogP contribution in [0.15, 0.2) is 0 Å². The molecule has 0 amide bonds. The van der Waals surface area contributed by atoms with Crippen molar-refractivity contribution in [3.63, 3.8) is 0 Å². The molecule has 1 rings (SSSR count). The summed E-state index contributed by atoms with van der Waals surface area (Å²) in [4.78, 5) is 14.9. The average molecular weight is 297 g/mol. The van der Waals surface area contributed by atoms with Gasteiger partial charge in [-0.3, -0.25) is 4.79 Å². The van der Waals surface area contributed by atoms with Gasteiger partial charge in [0.1, 0.15) is 6.61 Å². The summed E-state index contributed by atoms with van der Waals surface area (Å²) in [6.07, 6.45) is 7.38. The van der Waals surface area contributed by atoms with Crippen molar-refractivity contribution in [2.24, 2.45) is 17.8 Å². The molecule has 0 aromatic carbocycles. The maximum Gasteiger partial charge on any atom is 0.309 e. The highest BCUT2D eigenvalue weighted by Gasteiger charge is 2.34. The van der Waals surface area contributed by atoms with Gasteiger partial charge in [0.2, 0.25) is 0 Å². The average Bonchev–Trinajstić information content (AvgIpc) is 2.52. The van der Waals surface area contributed by atoms with E-state index in [4.69, 9.17) is 4.74 Å². The number of hydrogen-bond donors (Lipinski definition) is 0. The van der Waals surface area contributed by atoms with Gasteiger partial charge in [-0.15, -0.1) is 0 Å². The van der Waals surface area contributed by atoms with Crippen molar-refractivity contribution in [3.8, 4) is 0 Å². The SMILES string of the molecule is CC[C@H](C)[C@H](C(=O)OCCN(CC)CC)C1CCCCC1. The summed E-state index contributed by atoms with van der Waals surface area (Å²) in [6.45, 7) is 12.1. The zero-order valence-corrected chi connectivity index (χ0v) is 14.6. The number of esters is 1. The molecule has 21 heavy (non-hydrogen) atoms. The Morgan fingerprint density at radius 1 is 1.14 bits per heavy atom. The van der Waals surface area contributed by atoms with Crippen molar-refractivity contribution in [1.29, 1.82) is 0 Å². The van der Waals surface area contributed by atoms with Crippen LogP contribution in [0.1, 0.15) is 66.2 Å². The number of rotatable bonds is 9. The fraction of sp³-hybridized carbons (Fsp3) is 0.944. The first-order valence-electron chi connectivity index (χ1n) is 9.02. The predicted octanol–water partition coefficient (Wildman–Crippen LogP) is 4.11. The highest BCUT2D eigenvalue weighted by molar-refractivity contribution is 5.73. The molecular formula is C18H35NO2. The topological polar surface area (TPSA) is 29.5 Å². The first kappa shape index (κ1) is 18.5. The van der Waals surface area contributed by atoms with Gasteiger partial charge in [-0.05, 0) is 37.8 Å². The molecule has 0 N–H and O–H groups in total. The maximum atomic E-state index is 12.6. The van der Waals surface area contributed by atoms with E-state index in [-0.39, 0.29) is 11.9 Å². The summed E-state index contributed by atoms with van der Waals surface area (Å²) in [7, 11) is 0. The van der Waals surface area contributed by atoms with Crippen LogP contribution in [0.3, 0.4) is 0 Å². The summed E-state index contributed by atoms with van der Waals surface area (Å²) >= 11 is 0. The molecule has 2 atom stereocenters.